The molecule has 3 rings (SSSR count). The maximum atomic E-state index is 11.1. The van der Waals surface area contributed by atoms with Crippen molar-refractivity contribution in [2.45, 2.75) is 13.8 Å². The van der Waals surface area contributed by atoms with Crippen LogP contribution in [-0.2, 0) is 4.79 Å². The highest BCUT2D eigenvalue weighted by Crippen LogP contribution is 2.24. The number of anilines is 5. The average molecular weight is 368 g/mol. The molecular formula is C19H18ClN5O. The van der Waals surface area contributed by atoms with E-state index in [1.165, 1.54) is 6.92 Å². The van der Waals surface area contributed by atoms with Crippen LogP contribution >= 0.6 is 11.6 Å². The van der Waals surface area contributed by atoms with Gasteiger partial charge in [0.25, 0.3) is 0 Å². The molecule has 0 radical (unpaired) electrons. The first-order valence-electron chi connectivity index (χ1n) is 8.00. The number of rotatable bonds is 5. The summed E-state index contributed by atoms with van der Waals surface area (Å²) in [6, 6.07) is 14.7. The van der Waals surface area contributed by atoms with Crippen LogP contribution in [0.3, 0.4) is 0 Å². The van der Waals surface area contributed by atoms with Crippen LogP contribution < -0.4 is 16.0 Å². The molecule has 0 aliphatic rings. The van der Waals surface area contributed by atoms with E-state index in [0.717, 1.165) is 22.6 Å². The second kappa shape index (κ2) is 7.84. The lowest BCUT2D eigenvalue weighted by Gasteiger charge is -2.11. The van der Waals surface area contributed by atoms with Gasteiger partial charge in [-0.15, -0.1) is 0 Å². The van der Waals surface area contributed by atoms with Gasteiger partial charge in [-0.1, -0.05) is 17.7 Å². The molecule has 7 heteroatoms. The number of aryl methyl sites for hydroxylation is 1. The van der Waals surface area contributed by atoms with Gasteiger partial charge in [0.1, 0.15) is 5.82 Å². The Morgan fingerprint density at radius 1 is 1.00 bits per heavy atom. The van der Waals surface area contributed by atoms with E-state index in [-0.39, 0.29) is 5.91 Å². The van der Waals surface area contributed by atoms with E-state index in [1.54, 1.807) is 24.4 Å². The smallest absolute Gasteiger partial charge is 0.229 e. The molecule has 0 aliphatic carbocycles. The van der Waals surface area contributed by atoms with E-state index in [4.69, 9.17) is 11.6 Å². The van der Waals surface area contributed by atoms with Crippen molar-refractivity contribution in [3.8, 4) is 0 Å². The minimum Gasteiger partial charge on any atom is -0.340 e. The number of nitrogens with zero attached hydrogens (tertiary/aromatic N) is 2. The Labute approximate surface area is 156 Å². The number of benzene rings is 2. The van der Waals surface area contributed by atoms with Gasteiger partial charge in [-0.25, -0.2) is 4.98 Å². The Bertz CT molecular complexity index is 927. The largest absolute Gasteiger partial charge is 0.340 e. The van der Waals surface area contributed by atoms with Crippen LogP contribution in [0.25, 0.3) is 0 Å². The normalized spacial score (nSPS) is 10.3. The fraction of sp³-hybridized carbons (Fsp3) is 0.105. The van der Waals surface area contributed by atoms with Crippen molar-refractivity contribution < 1.29 is 4.79 Å². The standard InChI is InChI=1S/C19H18ClN5O/c1-12-3-4-14(20)11-17(12)24-18-9-10-21-19(25-18)23-16-7-5-15(6-8-16)22-13(2)26/h3-11H,1-2H3,(H,22,26)(H2,21,23,24,25). The Kier molecular flexibility index (Phi) is 5.34. The summed E-state index contributed by atoms with van der Waals surface area (Å²) in [7, 11) is 0. The Balaban J connectivity index is 1.73. The second-order valence-electron chi connectivity index (χ2n) is 5.73. The summed E-state index contributed by atoms with van der Waals surface area (Å²) >= 11 is 6.05. The van der Waals surface area contributed by atoms with Crippen molar-refractivity contribution in [2.75, 3.05) is 16.0 Å². The van der Waals surface area contributed by atoms with Gasteiger partial charge in [0, 0.05) is 35.2 Å². The van der Waals surface area contributed by atoms with Crippen molar-refractivity contribution in [3.05, 3.63) is 65.3 Å². The van der Waals surface area contributed by atoms with Gasteiger partial charge < -0.3 is 16.0 Å². The molecule has 3 aromatic rings. The maximum absolute atomic E-state index is 11.1. The van der Waals surface area contributed by atoms with Crippen molar-refractivity contribution in [3.63, 3.8) is 0 Å². The summed E-state index contributed by atoms with van der Waals surface area (Å²) < 4.78 is 0. The van der Waals surface area contributed by atoms with Gasteiger partial charge >= 0.3 is 0 Å². The number of nitrogens with one attached hydrogen (secondary N) is 3. The van der Waals surface area contributed by atoms with Gasteiger partial charge in [0.15, 0.2) is 0 Å². The molecule has 0 spiro atoms. The quantitative estimate of drug-likeness (QED) is 0.598. The molecule has 0 aliphatic heterocycles. The average Bonchev–Trinajstić information content (AvgIpc) is 2.60. The highest BCUT2D eigenvalue weighted by molar-refractivity contribution is 6.30. The number of carbonyl (C=O) groups excluding carboxylic acids is 1. The first-order valence-corrected chi connectivity index (χ1v) is 8.38. The van der Waals surface area contributed by atoms with Crippen molar-refractivity contribution >= 4 is 46.3 Å². The van der Waals surface area contributed by atoms with Crippen LogP contribution in [0.2, 0.25) is 5.02 Å². The Morgan fingerprint density at radius 3 is 2.46 bits per heavy atom. The number of halogens is 1. The lowest BCUT2D eigenvalue weighted by molar-refractivity contribution is -0.114. The summed E-state index contributed by atoms with van der Waals surface area (Å²) in [5.41, 5.74) is 3.50. The van der Waals surface area contributed by atoms with E-state index in [0.29, 0.717) is 16.8 Å². The van der Waals surface area contributed by atoms with Crippen LogP contribution in [0.1, 0.15) is 12.5 Å². The highest BCUT2D eigenvalue weighted by Gasteiger charge is 2.04. The molecule has 26 heavy (non-hydrogen) atoms. The van der Waals surface area contributed by atoms with E-state index in [9.17, 15) is 4.79 Å². The summed E-state index contributed by atoms with van der Waals surface area (Å²) in [4.78, 5) is 19.7. The third-order valence-corrected chi connectivity index (χ3v) is 3.81. The van der Waals surface area contributed by atoms with E-state index in [2.05, 4.69) is 25.9 Å². The number of amides is 1. The predicted molar refractivity (Wildman–Crippen MR) is 106 cm³/mol. The summed E-state index contributed by atoms with van der Waals surface area (Å²) in [5.74, 6) is 1.01. The molecular weight excluding hydrogens is 350 g/mol. The third-order valence-electron chi connectivity index (χ3n) is 3.58. The molecule has 0 saturated carbocycles. The number of carbonyl (C=O) groups is 1. The lowest BCUT2D eigenvalue weighted by Crippen LogP contribution is -2.05. The SMILES string of the molecule is CC(=O)Nc1ccc(Nc2nccc(Nc3cc(Cl)ccc3C)n2)cc1. The Morgan fingerprint density at radius 2 is 1.73 bits per heavy atom. The molecule has 3 N–H and O–H groups in total. The molecule has 6 nitrogen and oxygen atoms in total. The zero-order valence-corrected chi connectivity index (χ0v) is 15.1. The topological polar surface area (TPSA) is 78.9 Å². The van der Waals surface area contributed by atoms with Crippen LogP contribution in [0.15, 0.2) is 54.7 Å². The Hall–Kier alpha value is -3.12. The fourth-order valence-electron chi connectivity index (χ4n) is 2.32. The zero-order valence-electron chi connectivity index (χ0n) is 14.4. The van der Waals surface area contributed by atoms with E-state index >= 15 is 0 Å². The molecule has 1 aromatic heterocycles. The number of aromatic nitrogens is 2. The first kappa shape index (κ1) is 17.7. The number of hydrogen-bond acceptors (Lipinski definition) is 5. The lowest BCUT2D eigenvalue weighted by atomic mass is 10.2. The molecule has 1 amide bonds. The van der Waals surface area contributed by atoms with E-state index < -0.39 is 0 Å². The van der Waals surface area contributed by atoms with Gasteiger partial charge in [-0.3, -0.25) is 4.79 Å². The molecule has 0 bridgehead atoms. The third kappa shape index (κ3) is 4.70. The second-order valence-corrected chi connectivity index (χ2v) is 6.17. The zero-order chi connectivity index (χ0) is 18.5. The van der Waals surface area contributed by atoms with Crippen LogP contribution in [0.4, 0.5) is 28.8 Å². The van der Waals surface area contributed by atoms with Gasteiger partial charge in [-0.05, 0) is 55.0 Å². The molecule has 2 aromatic carbocycles. The predicted octanol–water partition coefficient (Wildman–Crippen LogP) is 4.88. The minimum absolute atomic E-state index is 0.107. The fourth-order valence-corrected chi connectivity index (χ4v) is 2.50. The molecule has 0 fully saturated rings. The van der Waals surface area contributed by atoms with Crippen LogP contribution in [0, 0.1) is 6.92 Å². The van der Waals surface area contributed by atoms with Gasteiger partial charge in [0.05, 0.1) is 0 Å². The van der Waals surface area contributed by atoms with E-state index in [1.807, 2.05) is 37.3 Å². The molecule has 0 unspecified atom stereocenters. The maximum Gasteiger partial charge on any atom is 0.229 e. The minimum atomic E-state index is -0.107. The molecule has 0 atom stereocenters. The van der Waals surface area contributed by atoms with Crippen molar-refractivity contribution in [1.82, 2.24) is 9.97 Å². The highest BCUT2D eigenvalue weighted by atomic mass is 35.5. The summed E-state index contributed by atoms with van der Waals surface area (Å²) in [5, 5.41) is 9.76. The summed E-state index contributed by atoms with van der Waals surface area (Å²) in [6.45, 7) is 3.47. The van der Waals surface area contributed by atoms with Crippen LogP contribution in [0.5, 0.6) is 0 Å². The van der Waals surface area contributed by atoms with Gasteiger partial charge in [0.2, 0.25) is 11.9 Å². The van der Waals surface area contributed by atoms with Crippen LogP contribution in [-0.4, -0.2) is 15.9 Å². The van der Waals surface area contributed by atoms with Gasteiger partial charge in [-0.2, -0.15) is 4.98 Å². The monoisotopic (exact) mass is 367 g/mol. The first-order chi connectivity index (χ1) is 12.5. The van der Waals surface area contributed by atoms with Crippen molar-refractivity contribution in [2.24, 2.45) is 0 Å². The molecule has 132 valence electrons. The molecule has 0 saturated heterocycles. The number of hydrogen-bond donors (Lipinski definition) is 3. The molecule has 1 heterocycles. The summed E-state index contributed by atoms with van der Waals surface area (Å²) in [6.07, 6.45) is 1.67. The van der Waals surface area contributed by atoms with Crippen molar-refractivity contribution in [1.29, 1.82) is 0 Å².